The van der Waals surface area contributed by atoms with E-state index >= 15 is 0 Å². The van der Waals surface area contributed by atoms with E-state index in [4.69, 9.17) is 21.3 Å². The van der Waals surface area contributed by atoms with Crippen LogP contribution in [0.5, 0.6) is 0 Å². The Hall–Kier alpha value is -1.20. The molecule has 5 heteroatoms. The molecule has 1 aliphatic rings. The zero-order chi connectivity index (χ0) is 16.9. The maximum absolute atomic E-state index is 6.03. The van der Waals surface area contributed by atoms with Crippen LogP contribution >= 0.6 is 11.6 Å². The predicted octanol–water partition coefficient (Wildman–Crippen LogP) is 3.43. The molecule has 0 aliphatic carbocycles. The van der Waals surface area contributed by atoms with Gasteiger partial charge < -0.3 is 9.64 Å². The fourth-order valence-corrected chi connectivity index (χ4v) is 3.27. The molecule has 130 valence electrons. The van der Waals surface area contributed by atoms with Crippen LogP contribution in [-0.2, 0) is 11.3 Å². The van der Waals surface area contributed by atoms with Crippen molar-refractivity contribution in [2.75, 3.05) is 40.3 Å². The van der Waals surface area contributed by atoms with Gasteiger partial charge in [0, 0.05) is 36.6 Å². The van der Waals surface area contributed by atoms with E-state index in [1.54, 1.807) is 0 Å². The summed E-state index contributed by atoms with van der Waals surface area (Å²) in [5.41, 5.74) is 2.13. The van der Waals surface area contributed by atoms with Gasteiger partial charge in [0.2, 0.25) is 0 Å². The summed E-state index contributed by atoms with van der Waals surface area (Å²) in [7, 11) is 4.16. The lowest BCUT2D eigenvalue weighted by molar-refractivity contribution is 0.000586. The quantitative estimate of drug-likeness (QED) is 0.800. The first-order valence-corrected chi connectivity index (χ1v) is 9.02. The van der Waals surface area contributed by atoms with E-state index in [-0.39, 0.29) is 0 Å². The average molecular weight is 348 g/mol. The molecule has 0 unspecified atom stereocenters. The van der Waals surface area contributed by atoms with Gasteiger partial charge in [-0.2, -0.15) is 0 Å². The largest absolute Gasteiger partial charge is 0.377 e. The molecule has 0 spiro atoms. The van der Waals surface area contributed by atoms with Crippen LogP contribution in [0.4, 0.5) is 0 Å². The van der Waals surface area contributed by atoms with Gasteiger partial charge >= 0.3 is 0 Å². The van der Waals surface area contributed by atoms with E-state index < -0.39 is 0 Å². The van der Waals surface area contributed by atoms with Crippen LogP contribution in [0.15, 0.2) is 30.3 Å². The number of halogens is 1. The van der Waals surface area contributed by atoms with Crippen LogP contribution in [0, 0.1) is 0 Å². The minimum absolute atomic E-state index is 0.410. The molecule has 0 N–H and O–H groups in total. The lowest BCUT2D eigenvalue weighted by Gasteiger charge is -2.31. The maximum Gasteiger partial charge on any atom is 0.0706 e. The summed E-state index contributed by atoms with van der Waals surface area (Å²) < 4.78 is 5.96. The van der Waals surface area contributed by atoms with Crippen LogP contribution in [0.3, 0.4) is 0 Å². The average Bonchev–Trinajstić information content (AvgIpc) is 2.56. The molecule has 1 aromatic carbocycles. The first-order valence-electron chi connectivity index (χ1n) is 8.64. The van der Waals surface area contributed by atoms with E-state index in [0.717, 1.165) is 67.2 Å². The van der Waals surface area contributed by atoms with Crippen LogP contribution in [0.1, 0.15) is 18.5 Å². The fraction of sp³-hybridized carbons (Fsp3) is 0.526. The molecule has 1 aromatic heterocycles. The molecular weight excluding hydrogens is 322 g/mol. The van der Waals surface area contributed by atoms with Gasteiger partial charge in [0.05, 0.1) is 23.9 Å². The highest BCUT2D eigenvalue weighted by Gasteiger charge is 2.20. The first kappa shape index (κ1) is 17.6. The fourth-order valence-electron chi connectivity index (χ4n) is 3.09. The molecule has 24 heavy (non-hydrogen) atoms. The Morgan fingerprint density at radius 2 is 2.00 bits per heavy atom. The van der Waals surface area contributed by atoms with Crippen molar-refractivity contribution in [1.29, 1.82) is 0 Å². The van der Waals surface area contributed by atoms with Gasteiger partial charge in [0.25, 0.3) is 0 Å². The number of hydrogen-bond donors (Lipinski definition) is 0. The maximum atomic E-state index is 6.03. The lowest BCUT2D eigenvalue weighted by Crippen LogP contribution is -2.37. The van der Waals surface area contributed by atoms with Crippen molar-refractivity contribution in [3.05, 3.63) is 41.0 Å². The molecule has 3 rings (SSSR count). The molecule has 0 radical (unpaired) electrons. The number of fused-ring (bicyclic) bond motifs is 1. The second-order valence-corrected chi connectivity index (χ2v) is 7.23. The third kappa shape index (κ3) is 4.90. The van der Waals surface area contributed by atoms with Crippen LogP contribution < -0.4 is 0 Å². The van der Waals surface area contributed by atoms with E-state index in [2.05, 4.69) is 36.0 Å². The Morgan fingerprint density at radius 1 is 1.21 bits per heavy atom. The number of piperidine rings is 1. The van der Waals surface area contributed by atoms with Crippen molar-refractivity contribution in [2.45, 2.75) is 25.5 Å². The molecule has 2 heterocycles. The number of hydrogen-bond acceptors (Lipinski definition) is 4. The van der Waals surface area contributed by atoms with E-state index in [0.29, 0.717) is 6.10 Å². The predicted molar refractivity (Wildman–Crippen MR) is 99.6 cm³/mol. The zero-order valence-corrected chi connectivity index (χ0v) is 15.3. The van der Waals surface area contributed by atoms with E-state index in [1.807, 2.05) is 18.2 Å². The molecule has 1 fully saturated rings. The minimum Gasteiger partial charge on any atom is -0.377 e. The molecule has 0 amide bonds. The number of rotatable bonds is 6. The summed E-state index contributed by atoms with van der Waals surface area (Å²) in [5.74, 6) is 0. The van der Waals surface area contributed by atoms with Gasteiger partial charge in [-0.25, -0.2) is 0 Å². The van der Waals surface area contributed by atoms with E-state index in [9.17, 15) is 0 Å². The molecule has 0 bridgehead atoms. The summed E-state index contributed by atoms with van der Waals surface area (Å²) in [6.07, 6.45) is 2.63. The molecule has 1 aliphatic heterocycles. The highest BCUT2D eigenvalue weighted by atomic mass is 35.5. The summed E-state index contributed by atoms with van der Waals surface area (Å²) in [6.45, 7) is 4.88. The van der Waals surface area contributed by atoms with E-state index in [1.165, 1.54) is 0 Å². The summed E-state index contributed by atoms with van der Waals surface area (Å²) in [6, 6.07) is 10.1. The van der Waals surface area contributed by atoms with Gasteiger partial charge in [0.1, 0.15) is 0 Å². The number of benzene rings is 1. The Kier molecular flexibility index (Phi) is 6.06. The molecular formula is C19H26ClN3O. The topological polar surface area (TPSA) is 28.6 Å². The highest BCUT2D eigenvalue weighted by molar-refractivity contribution is 6.31. The molecule has 2 aromatic rings. The van der Waals surface area contributed by atoms with Crippen molar-refractivity contribution in [1.82, 2.24) is 14.8 Å². The Balaban J connectivity index is 1.50. The number of pyridine rings is 1. The summed E-state index contributed by atoms with van der Waals surface area (Å²) in [5, 5.41) is 1.85. The van der Waals surface area contributed by atoms with Crippen LogP contribution in [0.2, 0.25) is 5.02 Å². The van der Waals surface area contributed by atoms with Crippen molar-refractivity contribution in [3.8, 4) is 0 Å². The third-order valence-corrected chi connectivity index (χ3v) is 4.76. The van der Waals surface area contributed by atoms with Gasteiger partial charge in [-0.3, -0.25) is 9.88 Å². The first-order chi connectivity index (χ1) is 11.6. The smallest absolute Gasteiger partial charge is 0.0706 e. The molecule has 4 nitrogen and oxygen atoms in total. The number of likely N-dealkylation sites (tertiary alicyclic amines) is 1. The Bertz CT molecular complexity index is 669. The number of aromatic nitrogens is 1. The third-order valence-electron chi connectivity index (χ3n) is 4.52. The normalized spacial score (nSPS) is 17.0. The number of ether oxygens (including phenoxy) is 1. The Morgan fingerprint density at radius 3 is 2.75 bits per heavy atom. The van der Waals surface area contributed by atoms with Crippen molar-refractivity contribution in [2.24, 2.45) is 0 Å². The van der Waals surface area contributed by atoms with Gasteiger partial charge in [-0.05, 0) is 51.2 Å². The molecule has 0 saturated carbocycles. The molecule has 0 atom stereocenters. The standard InChI is InChI=1S/C19H26ClN3O/c1-22(2)11-12-24-18-7-9-23(10-8-18)14-17-5-3-15-13-16(20)4-6-19(15)21-17/h3-6,13,18H,7-12,14H2,1-2H3. The second-order valence-electron chi connectivity index (χ2n) is 6.79. The molecule has 1 saturated heterocycles. The Labute approximate surface area is 149 Å². The zero-order valence-electron chi connectivity index (χ0n) is 14.5. The highest BCUT2D eigenvalue weighted by Crippen LogP contribution is 2.20. The second kappa shape index (κ2) is 8.26. The monoisotopic (exact) mass is 347 g/mol. The van der Waals surface area contributed by atoms with Crippen molar-refractivity contribution in [3.63, 3.8) is 0 Å². The summed E-state index contributed by atoms with van der Waals surface area (Å²) >= 11 is 6.03. The minimum atomic E-state index is 0.410. The van der Waals surface area contributed by atoms with Gasteiger partial charge in [-0.1, -0.05) is 17.7 Å². The number of nitrogens with zero attached hydrogens (tertiary/aromatic N) is 3. The summed E-state index contributed by atoms with van der Waals surface area (Å²) in [4.78, 5) is 9.39. The van der Waals surface area contributed by atoms with Crippen molar-refractivity contribution < 1.29 is 4.74 Å². The van der Waals surface area contributed by atoms with Crippen LogP contribution in [-0.4, -0.2) is 61.2 Å². The van der Waals surface area contributed by atoms with Crippen LogP contribution in [0.25, 0.3) is 10.9 Å². The lowest BCUT2D eigenvalue weighted by atomic mass is 10.1. The van der Waals surface area contributed by atoms with Gasteiger partial charge in [-0.15, -0.1) is 0 Å². The van der Waals surface area contributed by atoms with Gasteiger partial charge in [0.15, 0.2) is 0 Å². The van der Waals surface area contributed by atoms with Crippen molar-refractivity contribution >= 4 is 22.5 Å². The number of likely N-dealkylation sites (N-methyl/N-ethyl adjacent to an activating group) is 1. The SMILES string of the molecule is CN(C)CCOC1CCN(Cc2ccc3cc(Cl)ccc3n2)CC1.